The molecular weight excluding hydrogens is 438 g/mol. The maximum absolute atomic E-state index is 13.4. The van der Waals surface area contributed by atoms with Gasteiger partial charge in [0.1, 0.15) is 17.1 Å². The average molecular weight is 452 g/mol. The highest BCUT2D eigenvalue weighted by Gasteiger charge is 2.43. The van der Waals surface area contributed by atoms with Gasteiger partial charge in [0.05, 0.1) is 29.8 Å². The van der Waals surface area contributed by atoms with Crippen molar-refractivity contribution in [2.75, 3.05) is 0 Å². The summed E-state index contributed by atoms with van der Waals surface area (Å²) in [4.78, 5) is 28.1. The molecule has 1 N–H and O–H groups in total. The first-order valence-corrected chi connectivity index (χ1v) is 9.71. The molecule has 2 aromatic heterocycles. The second-order valence-corrected chi connectivity index (χ2v) is 7.74. The van der Waals surface area contributed by atoms with Crippen molar-refractivity contribution in [3.05, 3.63) is 98.2 Å². The summed E-state index contributed by atoms with van der Waals surface area (Å²) >= 11 is 3.38. The largest absolute Gasteiger partial charge is 0.508 e. The maximum atomic E-state index is 13.4. The van der Waals surface area contributed by atoms with Gasteiger partial charge in [0.2, 0.25) is 5.76 Å². The van der Waals surface area contributed by atoms with E-state index in [1.54, 1.807) is 48.5 Å². The van der Waals surface area contributed by atoms with Crippen LogP contribution >= 0.6 is 15.9 Å². The van der Waals surface area contributed by atoms with Crippen molar-refractivity contribution < 1.29 is 18.7 Å². The molecule has 0 aliphatic carbocycles. The number of nitrogens with zero attached hydrogens (tertiary/aromatic N) is 1. The fourth-order valence-corrected chi connectivity index (χ4v) is 4.13. The molecular formula is C22H14BrNO5. The fourth-order valence-electron chi connectivity index (χ4n) is 3.77. The normalized spacial score (nSPS) is 15.8. The van der Waals surface area contributed by atoms with Gasteiger partial charge in [-0.2, -0.15) is 0 Å². The van der Waals surface area contributed by atoms with Gasteiger partial charge in [0, 0.05) is 4.47 Å². The number of rotatable bonds is 3. The predicted molar refractivity (Wildman–Crippen MR) is 109 cm³/mol. The molecule has 1 aliphatic heterocycles. The number of fused-ring (bicyclic) bond motifs is 2. The molecule has 4 aromatic rings. The minimum absolute atomic E-state index is 0.0183. The van der Waals surface area contributed by atoms with Gasteiger partial charge in [-0.25, -0.2) is 0 Å². The van der Waals surface area contributed by atoms with E-state index >= 15 is 0 Å². The molecule has 0 radical (unpaired) electrons. The molecule has 144 valence electrons. The lowest BCUT2D eigenvalue weighted by Gasteiger charge is -2.24. The third kappa shape index (κ3) is 2.86. The number of halogens is 1. The number of hydrogen-bond donors (Lipinski definition) is 1. The minimum Gasteiger partial charge on any atom is -0.508 e. The minimum atomic E-state index is -0.700. The van der Waals surface area contributed by atoms with Crippen molar-refractivity contribution in [2.45, 2.75) is 12.6 Å². The van der Waals surface area contributed by atoms with Crippen LogP contribution in [-0.2, 0) is 6.54 Å². The van der Waals surface area contributed by atoms with Crippen LogP contribution < -0.4 is 5.43 Å². The van der Waals surface area contributed by atoms with Crippen molar-refractivity contribution >= 4 is 32.8 Å². The fraction of sp³-hybridized carbons (Fsp3) is 0.0909. The monoisotopic (exact) mass is 451 g/mol. The molecule has 3 heterocycles. The molecule has 1 amide bonds. The average Bonchev–Trinajstić information content (AvgIpc) is 3.31. The van der Waals surface area contributed by atoms with E-state index in [1.165, 1.54) is 17.2 Å². The summed E-state index contributed by atoms with van der Waals surface area (Å²) < 4.78 is 12.0. The molecule has 2 aromatic carbocycles. The molecule has 0 bridgehead atoms. The van der Waals surface area contributed by atoms with Gasteiger partial charge in [-0.1, -0.05) is 28.1 Å². The number of furan rings is 1. The van der Waals surface area contributed by atoms with Crippen LogP contribution in [0.15, 0.2) is 79.0 Å². The van der Waals surface area contributed by atoms with Gasteiger partial charge in [0.25, 0.3) is 5.91 Å². The molecule has 5 rings (SSSR count). The predicted octanol–water partition coefficient (Wildman–Crippen LogP) is 4.60. The Kier molecular flexibility index (Phi) is 4.06. The van der Waals surface area contributed by atoms with E-state index in [-0.39, 0.29) is 29.0 Å². The van der Waals surface area contributed by atoms with Crippen LogP contribution in [0.3, 0.4) is 0 Å². The molecule has 0 unspecified atom stereocenters. The topological polar surface area (TPSA) is 83.9 Å². The standard InChI is InChI=1S/C22H14BrNO5/c23-13-6-7-17-16(10-13)20(26)18-19(12-3-1-4-14(25)9-12)24(22(27)21(18)29-17)11-15-5-2-8-28-15/h1-10,19,25H,11H2/t19-/m0/s1. The Balaban J connectivity index is 1.77. The van der Waals surface area contributed by atoms with E-state index in [0.717, 1.165) is 4.47 Å². The van der Waals surface area contributed by atoms with Gasteiger partial charge in [-0.05, 0) is 48.0 Å². The Hall–Kier alpha value is -3.32. The number of amides is 1. The van der Waals surface area contributed by atoms with E-state index in [2.05, 4.69) is 15.9 Å². The lowest BCUT2D eigenvalue weighted by atomic mass is 9.98. The number of carbonyl (C=O) groups is 1. The first-order chi connectivity index (χ1) is 14.0. The van der Waals surface area contributed by atoms with Gasteiger partial charge in [0.15, 0.2) is 5.43 Å². The van der Waals surface area contributed by atoms with Gasteiger partial charge < -0.3 is 18.8 Å². The quantitative estimate of drug-likeness (QED) is 0.491. The first-order valence-electron chi connectivity index (χ1n) is 8.91. The van der Waals surface area contributed by atoms with Crippen LogP contribution in [-0.4, -0.2) is 15.9 Å². The van der Waals surface area contributed by atoms with Crippen LogP contribution in [0.2, 0.25) is 0 Å². The molecule has 29 heavy (non-hydrogen) atoms. The third-order valence-electron chi connectivity index (χ3n) is 5.02. The zero-order valence-electron chi connectivity index (χ0n) is 15.0. The van der Waals surface area contributed by atoms with Crippen molar-refractivity contribution in [2.24, 2.45) is 0 Å². The van der Waals surface area contributed by atoms with Crippen LogP contribution in [0.1, 0.15) is 33.5 Å². The molecule has 0 saturated carbocycles. The molecule has 6 nitrogen and oxygen atoms in total. The molecule has 0 spiro atoms. The highest BCUT2D eigenvalue weighted by Crippen LogP contribution is 2.40. The number of hydrogen-bond acceptors (Lipinski definition) is 5. The van der Waals surface area contributed by atoms with Crippen molar-refractivity contribution in [3.63, 3.8) is 0 Å². The zero-order valence-corrected chi connectivity index (χ0v) is 16.5. The Labute approximate surface area is 173 Å². The summed E-state index contributed by atoms with van der Waals surface area (Å²) in [6, 6.07) is 14.4. The van der Waals surface area contributed by atoms with E-state index in [4.69, 9.17) is 8.83 Å². The number of carbonyl (C=O) groups excluding carboxylic acids is 1. The number of phenols is 1. The van der Waals surface area contributed by atoms with Gasteiger partial charge >= 0.3 is 0 Å². The van der Waals surface area contributed by atoms with Gasteiger partial charge in [-0.3, -0.25) is 9.59 Å². The van der Waals surface area contributed by atoms with Crippen molar-refractivity contribution in [3.8, 4) is 5.75 Å². The lowest BCUT2D eigenvalue weighted by molar-refractivity contribution is 0.0701. The zero-order chi connectivity index (χ0) is 20.1. The summed E-state index contributed by atoms with van der Waals surface area (Å²) in [5.41, 5.74) is 0.953. The van der Waals surface area contributed by atoms with Crippen LogP contribution in [0.5, 0.6) is 5.75 Å². The SMILES string of the molecule is O=C1c2oc3ccc(Br)cc3c(=O)c2[C@H](c2cccc(O)c2)N1Cc1ccco1. The Morgan fingerprint density at radius 3 is 2.69 bits per heavy atom. The van der Waals surface area contributed by atoms with E-state index in [0.29, 0.717) is 22.3 Å². The lowest BCUT2D eigenvalue weighted by Crippen LogP contribution is -2.29. The van der Waals surface area contributed by atoms with Crippen molar-refractivity contribution in [1.29, 1.82) is 0 Å². The van der Waals surface area contributed by atoms with E-state index in [9.17, 15) is 14.7 Å². The third-order valence-corrected chi connectivity index (χ3v) is 5.51. The summed E-state index contributed by atoms with van der Waals surface area (Å²) in [7, 11) is 0. The van der Waals surface area contributed by atoms with Crippen LogP contribution in [0, 0.1) is 0 Å². The van der Waals surface area contributed by atoms with E-state index < -0.39 is 11.9 Å². The first kappa shape index (κ1) is 17.8. The number of benzene rings is 2. The molecule has 0 fully saturated rings. The summed E-state index contributed by atoms with van der Waals surface area (Å²) in [6.07, 6.45) is 1.53. The Morgan fingerprint density at radius 1 is 1.07 bits per heavy atom. The maximum Gasteiger partial charge on any atom is 0.291 e. The molecule has 7 heteroatoms. The number of phenolic OH excluding ortho intramolecular Hbond substituents is 1. The summed E-state index contributed by atoms with van der Waals surface area (Å²) in [5, 5.41) is 10.4. The number of aromatic hydroxyl groups is 1. The highest BCUT2D eigenvalue weighted by atomic mass is 79.9. The summed E-state index contributed by atoms with van der Waals surface area (Å²) in [6.45, 7) is 0.163. The smallest absolute Gasteiger partial charge is 0.291 e. The Morgan fingerprint density at radius 2 is 1.93 bits per heavy atom. The van der Waals surface area contributed by atoms with Crippen LogP contribution in [0.4, 0.5) is 0 Å². The molecule has 1 atom stereocenters. The van der Waals surface area contributed by atoms with Crippen LogP contribution in [0.25, 0.3) is 11.0 Å². The molecule has 0 saturated heterocycles. The summed E-state index contributed by atoms with van der Waals surface area (Å²) in [5.74, 6) is 0.252. The second-order valence-electron chi connectivity index (χ2n) is 6.82. The van der Waals surface area contributed by atoms with Crippen molar-refractivity contribution in [1.82, 2.24) is 4.90 Å². The van der Waals surface area contributed by atoms with E-state index in [1.807, 2.05) is 0 Å². The second kappa shape index (κ2) is 6.63. The van der Waals surface area contributed by atoms with Gasteiger partial charge in [-0.15, -0.1) is 0 Å². The Bertz CT molecular complexity index is 1310. The molecule has 1 aliphatic rings. The highest BCUT2D eigenvalue weighted by molar-refractivity contribution is 9.10.